The summed E-state index contributed by atoms with van der Waals surface area (Å²) in [7, 11) is 1.60. The molecule has 3 rings (SSSR count). The lowest BCUT2D eigenvalue weighted by atomic mass is 10.1. The molecule has 6 heteroatoms. The Morgan fingerprint density at radius 2 is 1.92 bits per heavy atom. The fourth-order valence-corrected chi connectivity index (χ4v) is 3.01. The molecule has 26 heavy (non-hydrogen) atoms. The second-order valence-corrected chi connectivity index (χ2v) is 6.01. The summed E-state index contributed by atoms with van der Waals surface area (Å²) >= 11 is 0. The molecule has 1 fully saturated rings. The molecule has 1 N–H and O–H groups in total. The number of nitrogens with one attached hydrogen (secondary N) is 1. The summed E-state index contributed by atoms with van der Waals surface area (Å²) in [4.78, 5) is 26.6. The van der Waals surface area contributed by atoms with Crippen molar-refractivity contribution in [1.29, 1.82) is 0 Å². The van der Waals surface area contributed by atoms with Gasteiger partial charge in [-0.1, -0.05) is 12.1 Å². The summed E-state index contributed by atoms with van der Waals surface area (Å²) in [6, 6.07) is 14.2. The molecule has 2 aromatic rings. The lowest BCUT2D eigenvalue weighted by Gasteiger charge is -2.18. The van der Waals surface area contributed by atoms with E-state index in [0.717, 1.165) is 11.4 Å². The topological polar surface area (TPSA) is 67.9 Å². The number of carbonyl (C=O) groups is 2. The maximum absolute atomic E-state index is 12.6. The Kier molecular flexibility index (Phi) is 5.41. The van der Waals surface area contributed by atoms with Crippen LogP contribution in [0.5, 0.6) is 11.5 Å². The molecule has 2 aromatic carbocycles. The van der Waals surface area contributed by atoms with Crippen LogP contribution >= 0.6 is 0 Å². The van der Waals surface area contributed by atoms with Crippen LogP contribution in [0.1, 0.15) is 23.7 Å². The van der Waals surface area contributed by atoms with Crippen LogP contribution in [0, 0.1) is 0 Å². The van der Waals surface area contributed by atoms with Gasteiger partial charge in [0.1, 0.15) is 11.5 Å². The van der Waals surface area contributed by atoms with Gasteiger partial charge in [-0.3, -0.25) is 9.59 Å². The lowest BCUT2D eigenvalue weighted by molar-refractivity contribution is -0.117. The number of nitrogens with zero attached hydrogens (tertiary/aromatic N) is 1. The van der Waals surface area contributed by atoms with Crippen molar-refractivity contribution in [3.05, 3.63) is 54.1 Å². The van der Waals surface area contributed by atoms with Gasteiger partial charge in [-0.15, -0.1) is 0 Å². The molecule has 0 radical (unpaired) electrons. The summed E-state index contributed by atoms with van der Waals surface area (Å²) in [5, 5.41) is 2.94. The number of ether oxygens (including phenoxy) is 2. The summed E-state index contributed by atoms with van der Waals surface area (Å²) < 4.78 is 10.6. The highest BCUT2D eigenvalue weighted by atomic mass is 16.5. The molecular weight excluding hydrogens is 332 g/mol. The average Bonchev–Trinajstić information content (AvgIpc) is 3.02. The first-order chi connectivity index (χ1) is 12.6. The van der Waals surface area contributed by atoms with Gasteiger partial charge in [0.2, 0.25) is 5.91 Å². The van der Waals surface area contributed by atoms with E-state index in [9.17, 15) is 9.59 Å². The zero-order chi connectivity index (χ0) is 18.5. The van der Waals surface area contributed by atoms with Crippen LogP contribution in [-0.2, 0) is 4.79 Å². The number of hydrogen-bond acceptors (Lipinski definition) is 4. The van der Waals surface area contributed by atoms with Crippen molar-refractivity contribution in [2.45, 2.75) is 19.4 Å². The Morgan fingerprint density at radius 1 is 1.19 bits per heavy atom. The number of benzene rings is 2. The van der Waals surface area contributed by atoms with Crippen LogP contribution in [0.15, 0.2) is 48.5 Å². The van der Waals surface area contributed by atoms with Gasteiger partial charge in [0, 0.05) is 18.7 Å². The number of carbonyl (C=O) groups excluding carboxylic acids is 2. The number of anilines is 1. The molecule has 0 bridgehead atoms. The molecule has 1 heterocycles. The van der Waals surface area contributed by atoms with Crippen molar-refractivity contribution in [2.24, 2.45) is 0 Å². The monoisotopic (exact) mass is 354 g/mol. The molecule has 1 aliphatic heterocycles. The number of para-hydroxylation sites is 1. The third kappa shape index (κ3) is 3.79. The molecule has 136 valence electrons. The van der Waals surface area contributed by atoms with Crippen LogP contribution in [0.4, 0.5) is 5.69 Å². The van der Waals surface area contributed by atoms with E-state index >= 15 is 0 Å². The van der Waals surface area contributed by atoms with Crippen molar-refractivity contribution >= 4 is 17.5 Å². The van der Waals surface area contributed by atoms with E-state index < -0.39 is 0 Å². The first kappa shape index (κ1) is 17.8. The van der Waals surface area contributed by atoms with Gasteiger partial charge in [-0.25, -0.2) is 0 Å². The standard InChI is InChI=1S/C20H22N2O4/c1-3-26-18-7-5-4-6-17(18)20(24)21-14-12-19(23)22(13-14)15-8-10-16(25-2)11-9-15/h4-11,14H,3,12-13H2,1-2H3,(H,21,24)/t14-/m1/s1. The molecule has 0 aliphatic carbocycles. The third-order valence-electron chi connectivity index (χ3n) is 4.28. The summed E-state index contributed by atoms with van der Waals surface area (Å²) in [5.74, 6) is 1.03. The van der Waals surface area contributed by atoms with Crippen LogP contribution in [-0.4, -0.2) is 38.1 Å². The predicted octanol–water partition coefficient (Wildman–Crippen LogP) is 2.63. The first-order valence-corrected chi connectivity index (χ1v) is 8.59. The van der Waals surface area contributed by atoms with Gasteiger partial charge in [0.25, 0.3) is 5.91 Å². The second-order valence-electron chi connectivity index (χ2n) is 6.01. The summed E-state index contributed by atoms with van der Waals surface area (Å²) in [6.07, 6.45) is 0.272. The van der Waals surface area contributed by atoms with E-state index in [1.807, 2.05) is 37.3 Å². The van der Waals surface area contributed by atoms with Crippen molar-refractivity contribution in [3.63, 3.8) is 0 Å². The maximum atomic E-state index is 12.6. The lowest BCUT2D eigenvalue weighted by Crippen LogP contribution is -2.37. The van der Waals surface area contributed by atoms with Gasteiger partial charge < -0.3 is 19.7 Å². The van der Waals surface area contributed by atoms with Crippen LogP contribution in [0.2, 0.25) is 0 Å². The Balaban J connectivity index is 1.68. The summed E-state index contributed by atoms with van der Waals surface area (Å²) in [6.45, 7) is 2.79. The van der Waals surface area contributed by atoms with Crippen LogP contribution in [0.25, 0.3) is 0 Å². The minimum Gasteiger partial charge on any atom is -0.497 e. The van der Waals surface area contributed by atoms with E-state index in [-0.39, 0.29) is 24.3 Å². The molecule has 0 saturated carbocycles. The molecule has 1 atom stereocenters. The van der Waals surface area contributed by atoms with Crippen molar-refractivity contribution < 1.29 is 19.1 Å². The Bertz CT molecular complexity index is 789. The number of methoxy groups -OCH3 is 1. The molecule has 2 amide bonds. The van der Waals surface area contributed by atoms with E-state index in [4.69, 9.17) is 9.47 Å². The highest BCUT2D eigenvalue weighted by Crippen LogP contribution is 2.25. The highest BCUT2D eigenvalue weighted by molar-refractivity contribution is 6.00. The molecule has 0 unspecified atom stereocenters. The molecule has 1 saturated heterocycles. The van der Waals surface area contributed by atoms with Crippen molar-refractivity contribution in [1.82, 2.24) is 5.32 Å². The zero-order valence-electron chi connectivity index (χ0n) is 14.9. The Morgan fingerprint density at radius 3 is 2.62 bits per heavy atom. The first-order valence-electron chi connectivity index (χ1n) is 8.59. The predicted molar refractivity (Wildman–Crippen MR) is 98.8 cm³/mol. The number of rotatable bonds is 6. The van der Waals surface area contributed by atoms with Crippen molar-refractivity contribution in [2.75, 3.05) is 25.2 Å². The van der Waals surface area contributed by atoms with Crippen LogP contribution < -0.4 is 19.7 Å². The zero-order valence-corrected chi connectivity index (χ0v) is 14.9. The largest absolute Gasteiger partial charge is 0.497 e. The van der Waals surface area contributed by atoms with Crippen molar-refractivity contribution in [3.8, 4) is 11.5 Å². The second kappa shape index (κ2) is 7.91. The normalized spacial score (nSPS) is 16.5. The molecule has 0 spiro atoms. The number of hydrogen-bond donors (Lipinski definition) is 1. The smallest absolute Gasteiger partial charge is 0.255 e. The molecule has 0 aromatic heterocycles. The minimum atomic E-state index is -0.244. The van der Waals surface area contributed by atoms with Gasteiger partial charge >= 0.3 is 0 Å². The van der Waals surface area contributed by atoms with Crippen LogP contribution in [0.3, 0.4) is 0 Å². The van der Waals surface area contributed by atoms with Gasteiger partial charge in [-0.2, -0.15) is 0 Å². The van der Waals surface area contributed by atoms with Gasteiger partial charge in [-0.05, 0) is 43.3 Å². The van der Waals surface area contributed by atoms with E-state index in [0.29, 0.717) is 24.5 Å². The Hall–Kier alpha value is -3.02. The summed E-state index contributed by atoms with van der Waals surface area (Å²) in [5.41, 5.74) is 1.27. The highest BCUT2D eigenvalue weighted by Gasteiger charge is 2.32. The fraction of sp³-hybridized carbons (Fsp3) is 0.300. The third-order valence-corrected chi connectivity index (χ3v) is 4.28. The van der Waals surface area contributed by atoms with E-state index in [1.54, 1.807) is 30.2 Å². The molecule has 6 nitrogen and oxygen atoms in total. The molecular formula is C20H22N2O4. The van der Waals surface area contributed by atoms with E-state index in [1.165, 1.54) is 0 Å². The van der Waals surface area contributed by atoms with Gasteiger partial charge in [0.15, 0.2) is 0 Å². The fourth-order valence-electron chi connectivity index (χ4n) is 3.01. The minimum absolute atomic E-state index is 0.0152. The van der Waals surface area contributed by atoms with E-state index in [2.05, 4.69) is 5.32 Å². The number of amides is 2. The quantitative estimate of drug-likeness (QED) is 0.866. The van der Waals surface area contributed by atoms with Gasteiger partial charge in [0.05, 0.1) is 25.3 Å². The Labute approximate surface area is 152 Å². The maximum Gasteiger partial charge on any atom is 0.255 e. The molecule has 1 aliphatic rings. The average molecular weight is 354 g/mol. The SMILES string of the molecule is CCOc1ccccc1C(=O)N[C@@H]1CC(=O)N(c2ccc(OC)cc2)C1.